The van der Waals surface area contributed by atoms with Crippen molar-refractivity contribution in [1.29, 1.82) is 0 Å². The number of hydrogen-bond donors (Lipinski definition) is 1. The van der Waals surface area contributed by atoms with Crippen molar-refractivity contribution in [2.75, 3.05) is 26.2 Å². The van der Waals surface area contributed by atoms with Crippen LogP contribution in [0, 0.1) is 23.2 Å². The quantitative estimate of drug-likeness (QED) is 0.835. The highest BCUT2D eigenvalue weighted by Crippen LogP contribution is 2.40. The van der Waals surface area contributed by atoms with Gasteiger partial charge in [-0.15, -0.1) is 0 Å². The van der Waals surface area contributed by atoms with Crippen molar-refractivity contribution in [2.45, 2.75) is 52.9 Å². The normalized spacial score (nSPS) is 43.0. The minimum Gasteiger partial charge on any atom is -0.396 e. The molecule has 0 aromatic carbocycles. The monoisotopic (exact) mass is 253 g/mol. The van der Waals surface area contributed by atoms with Gasteiger partial charge < -0.3 is 10.0 Å². The lowest BCUT2D eigenvalue weighted by molar-refractivity contribution is 0.00501. The molecule has 0 aromatic rings. The van der Waals surface area contributed by atoms with Crippen molar-refractivity contribution in [3.63, 3.8) is 0 Å². The summed E-state index contributed by atoms with van der Waals surface area (Å²) in [7, 11) is 0. The molecule has 4 unspecified atom stereocenters. The molecule has 0 spiro atoms. The van der Waals surface area contributed by atoms with E-state index >= 15 is 0 Å². The molecule has 1 aliphatic heterocycles. The second-order valence-corrected chi connectivity index (χ2v) is 7.50. The molecule has 2 fully saturated rings. The zero-order chi connectivity index (χ0) is 13.2. The maximum absolute atomic E-state index is 9.90. The van der Waals surface area contributed by atoms with E-state index in [4.69, 9.17) is 0 Å². The van der Waals surface area contributed by atoms with Crippen LogP contribution in [0.25, 0.3) is 0 Å². The lowest BCUT2D eigenvalue weighted by Crippen LogP contribution is -2.48. The summed E-state index contributed by atoms with van der Waals surface area (Å²) in [6.07, 6.45) is 6.49. The Balaban J connectivity index is 1.96. The zero-order valence-corrected chi connectivity index (χ0v) is 12.5. The second-order valence-electron chi connectivity index (χ2n) is 7.50. The lowest BCUT2D eigenvalue weighted by Gasteiger charge is -2.45. The Hall–Kier alpha value is -0.0800. The highest BCUT2D eigenvalue weighted by molar-refractivity contribution is 4.89. The van der Waals surface area contributed by atoms with Crippen LogP contribution in [0.15, 0.2) is 0 Å². The van der Waals surface area contributed by atoms with Crippen LogP contribution < -0.4 is 0 Å². The van der Waals surface area contributed by atoms with Crippen LogP contribution in [0.1, 0.15) is 52.9 Å². The average Bonchev–Trinajstić information content (AvgIpc) is 2.27. The first kappa shape index (κ1) is 14.3. The van der Waals surface area contributed by atoms with Gasteiger partial charge in [-0.1, -0.05) is 33.6 Å². The number of nitrogens with zero attached hydrogens (tertiary/aromatic N) is 1. The molecule has 2 nitrogen and oxygen atoms in total. The molecule has 0 radical (unpaired) electrons. The molecule has 106 valence electrons. The van der Waals surface area contributed by atoms with E-state index in [9.17, 15) is 5.11 Å². The number of hydrogen-bond acceptors (Lipinski definition) is 2. The van der Waals surface area contributed by atoms with Crippen molar-refractivity contribution in [3.8, 4) is 0 Å². The summed E-state index contributed by atoms with van der Waals surface area (Å²) < 4.78 is 0. The number of piperidine rings is 1. The summed E-state index contributed by atoms with van der Waals surface area (Å²) >= 11 is 0. The molecular formula is C16H31NO. The predicted molar refractivity (Wildman–Crippen MR) is 76.5 cm³/mol. The van der Waals surface area contributed by atoms with Crippen molar-refractivity contribution in [1.82, 2.24) is 4.90 Å². The Morgan fingerprint density at radius 2 is 1.78 bits per heavy atom. The number of rotatable bonds is 3. The number of aliphatic hydroxyl groups is 1. The first-order valence-electron chi connectivity index (χ1n) is 7.86. The van der Waals surface area contributed by atoms with Gasteiger partial charge in [0.15, 0.2) is 0 Å². The van der Waals surface area contributed by atoms with Crippen LogP contribution in [0.4, 0.5) is 0 Å². The van der Waals surface area contributed by atoms with E-state index in [1.807, 2.05) is 0 Å². The molecular weight excluding hydrogens is 222 g/mol. The average molecular weight is 253 g/mol. The third-order valence-electron chi connectivity index (χ3n) is 5.02. The predicted octanol–water partition coefficient (Wildman–Crippen LogP) is 3.15. The summed E-state index contributed by atoms with van der Waals surface area (Å²) in [6.45, 7) is 11.1. The largest absolute Gasteiger partial charge is 0.396 e. The highest BCUT2D eigenvalue weighted by Gasteiger charge is 2.37. The number of aliphatic hydroxyl groups excluding tert-OH is 1. The first-order chi connectivity index (χ1) is 8.53. The lowest BCUT2D eigenvalue weighted by atomic mass is 9.70. The molecule has 1 aliphatic carbocycles. The van der Waals surface area contributed by atoms with Crippen molar-refractivity contribution >= 4 is 0 Å². The number of likely N-dealkylation sites (tertiary alicyclic amines) is 1. The third-order valence-corrected chi connectivity index (χ3v) is 5.02. The second kappa shape index (κ2) is 5.92. The molecule has 2 rings (SSSR count). The maximum Gasteiger partial charge on any atom is 0.0499 e. The van der Waals surface area contributed by atoms with Crippen LogP contribution in [0.3, 0.4) is 0 Å². The molecule has 0 bridgehead atoms. The van der Waals surface area contributed by atoms with Crippen LogP contribution in [0.2, 0.25) is 0 Å². The van der Waals surface area contributed by atoms with Gasteiger partial charge in [-0.05, 0) is 37.0 Å². The standard InChI is InChI=1S/C16H31NO/c1-13-5-4-6-16(8-13,12-18)11-17-9-14(2)7-15(3)10-17/h13-15,18H,4-12H2,1-3H3. The molecule has 0 amide bonds. The Kier molecular flexibility index (Phi) is 4.71. The maximum atomic E-state index is 9.90. The fourth-order valence-electron chi connectivity index (χ4n) is 4.50. The van der Waals surface area contributed by atoms with E-state index in [1.54, 1.807) is 0 Å². The van der Waals surface area contributed by atoms with E-state index in [0.717, 1.165) is 24.3 Å². The molecule has 4 atom stereocenters. The topological polar surface area (TPSA) is 23.5 Å². The Morgan fingerprint density at radius 3 is 2.33 bits per heavy atom. The molecule has 1 saturated heterocycles. The Bertz CT molecular complexity index is 258. The summed E-state index contributed by atoms with van der Waals surface area (Å²) in [4.78, 5) is 2.63. The van der Waals surface area contributed by atoms with Gasteiger partial charge in [-0.3, -0.25) is 0 Å². The molecule has 1 saturated carbocycles. The molecule has 2 aliphatic rings. The van der Waals surface area contributed by atoms with Crippen molar-refractivity contribution in [3.05, 3.63) is 0 Å². The molecule has 0 aromatic heterocycles. The van der Waals surface area contributed by atoms with Crippen LogP contribution >= 0.6 is 0 Å². The summed E-state index contributed by atoms with van der Waals surface area (Å²) in [5.74, 6) is 2.45. The molecule has 1 N–H and O–H groups in total. The minimum atomic E-state index is 0.203. The smallest absolute Gasteiger partial charge is 0.0499 e. The van der Waals surface area contributed by atoms with Crippen LogP contribution in [-0.2, 0) is 0 Å². The van der Waals surface area contributed by atoms with Crippen molar-refractivity contribution < 1.29 is 5.11 Å². The fraction of sp³-hybridized carbons (Fsp3) is 1.00. The van der Waals surface area contributed by atoms with Gasteiger partial charge >= 0.3 is 0 Å². The SMILES string of the molecule is CC1CC(C)CN(CC2(CO)CCCC(C)C2)C1. The zero-order valence-electron chi connectivity index (χ0n) is 12.5. The Labute approximate surface area is 113 Å². The first-order valence-corrected chi connectivity index (χ1v) is 7.86. The minimum absolute atomic E-state index is 0.203. The summed E-state index contributed by atoms with van der Waals surface area (Å²) in [5.41, 5.74) is 0.203. The van der Waals surface area contributed by atoms with Gasteiger partial charge in [0.1, 0.15) is 0 Å². The molecule has 18 heavy (non-hydrogen) atoms. The Morgan fingerprint density at radius 1 is 1.11 bits per heavy atom. The summed E-state index contributed by atoms with van der Waals surface area (Å²) in [6, 6.07) is 0. The van der Waals surface area contributed by atoms with Crippen LogP contribution in [0.5, 0.6) is 0 Å². The molecule has 1 heterocycles. The van der Waals surface area contributed by atoms with Crippen molar-refractivity contribution in [2.24, 2.45) is 23.2 Å². The van der Waals surface area contributed by atoms with E-state index in [1.165, 1.54) is 45.2 Å². The highest BCUT2D eigenvalue weighted by atomic mass is 16.3. The van der Waals surface area contributed by atoms with E-state index in [0.29, 0.717) is 6.61 Å². The fourth-order valence-corrected chi connectivity index (χ4v) is 4.50. The van der Waals surface area contributed by atoms with Crippen LogP contribution in [-0.4, -0.2) is 36.2 Å². The van der Waals surface area contributed by atoms with E-state index in [-0.39, 0.29) is 5.41 Å². The van der Waals surface area contributed by atoms with Gasteiger partial charge in [0.05, 0.1) is 0 Å². The van der Waals surface area contributed by atoms with Gasteiger partial charge in [-0.25, -0.2) is 0 Å². The summed E-state index contributed by atoms with van der Waals surface area (Å²) in [5, 5.41) is 9.90. The van der Waals surface area contributed by atoms with Gasteiger partial charge in [0, 0.05) is 31.7 Å². The van der Waals surface area contributed by atoms with Gasteiger partial charge in [0.2, 0.25) is 0 Å². The van der Waals surface area contributed by atoms with E-state index < -0.39 is 0 Å². The molecule has 2 heteroatoms. The van der Waals surface area contributed by atoms with Gasteiger partial charge in [-0.2, -0.15) is 0 Å². The third kappa shape index (κ3) is 3.48. The van der Waals surface area contributed by atoms with Gasteiger partial charge in [0.25, 0.3) is 0 Å². The van der Waals surface area contributed by atoms with E-state index in [2.05, 4.69) is 25.7 Å².